The number of nitrogen functional groups attached to an aromatic ring is 1. The molecule has 0 aliphatic carbocycles. The van der Waals surface area contributed by atoms with Crippen LogP contribution in [0.4, 0.5) is 18.3 Å². The number of anilines is 1. The predicted molar refractivity (Wildman–Crippen MR) is 56.9 cm³/mol. The largest absolute Gasteiger partial charge is 0.401 e. The van der Waals surface area contributed by atoms with Gasteiger partial charge >= 0.3 is 6.18 Å². The van der Waals surface area contributed by atoms with Crippen molar-refractivity contribution >= 4 is 16.5 Å². The van der Waals surface area contributed by atoms with E-state index < -0.39 is 12.7 Å². The van der Waals surface area contributed by atoms with Gasteiger partial charge in [-0.2, -0.15) is 13.2 Å². The predicted octanol–water partition coefficient (Wildman–Crippen LogP) is 1.81. The molecular formula is C8H13F3N4S. The average molecular weight is 254 g/mol. The Bertz CT molecular complexity index is 325. The van der Waals surface area contributed by atoms with Crippen LogP contribution in [0.3, 0.4) is 0 Å². The number of alkyl halides is 3. The van der Waals surface area contributed by atoms with Crippen LogP contribution in [0.2, 0.25) is 0 Å². The molecule has 0 atom stereocenters. The zero-order valence-electron chi connectivity index (χ0n) is 8.71. The molecule has 4 nitrogen and oxygen atoms in total. The first-order valence-corrected chi connectivity index (χ1v) is 5.46. The number of hydrogen-bond acceptors (Lipinski definition) is 5. The van der Waals surface area contributed by atoms with Crippen molar-refractivity contribution in [3.05, 3.63) is 11.1 Å². The fourth-order valence-electron chi connectivity index (χ4n) is 1.20. The van der Waals surface area contributed by atoms with Crippen molar-refractivity contribution in [3.8, 4) is 0 Å². The third-order valence-electron chi connectivity index (χ3n) is 1.91. The molecule has 0 aliphatic rings. The molecule has 0 saturated carbocycles. The number of nitrogens with zero attached hydrogens (tertiary/aromatic N) is 2. The second-order valence-electron chi connectivity index (χ2n) is 3.19. The summed E-state index contributed by atoms with van der Waals surface area (Å²) in [6.07, 6.45) is -2.64. The van der Waals surface area contributed by atoms with Gasteiger partial charge in [-0.05, 0) is 6.54 Å². The lowest BCUT2D eigenvalue weighted by atomic mass is 10.4. The summed E-state index contributed by atoms with van der Waals surface area (Å²) in [5, 5.41) is 0.498. The molecule has 0 aromatic carbocycles. The summed E-state index contributed by atoms with van der Waals surface area (Å²) in [4.78, 5) is 5.94. The SMILES string of the molecule is CCN(Cc1cnc(NN)s1)CC(F)(F)F. The van der Waals surface area contributed by atoms with Crippen LogP contribution < -0.4 is 11.3 Å². The van der Waals surface area contributed by atoms with Crippen LogP contribution >= 0.6 is 11.3 Å². The highest BCUT2D eigenvalue weighted by Crippen LogP contribution is 2.21. The maximum atomic E-state index is 12.2. The Morgan fingerprint density at radius 3 is 2.69 bits per heavy atom. The van der Waals surface area contributed by atoms with E-state index >= 15 is 0 Å². The minimum absolute atomic E-state index is 0.232. The van der Waals surface area contributed by atoms with Gasteiger partial charge in [-0.3, -0.25) is 10.3 Å². The second kappa shape index (κ2) is 5.46. The third kappa shape index (κ3) is 4.33. The molecule has 0 aliphatic heterocycles. The monoisotopic (exact) mass is 254 g/mol. The fraction of sp³-hybridized carbons (Fsp3) is 0.625. The van der Waals surface area contributed by atoms with E-state index in [0.717, 1.165) is 4.88 Å². The summed E-state index contributed by atoms with van der Waals surface area (Å²) < 4.78 is 36.5. The molecule has 1 aromatic rings. The third-order valence-corrected chi connectivity index (χ3v) is 2.82. The molecule has 3 N–H and O–H groups in total. The second-order valence-corrected chi connectivity index (χ2v) is 4.31. The normalized spacial score (nSPS) is 12.1. The van der Waals surface area contributed by atoms with E-state index in [1.807, 2.05) is 0 Å². The Balaban J connectivity index is 2.56. The van der Waals surface area contributed by atoms with Crippen molar-refractivity contribution < 1.29 is 13.2 Å². The molecule has 92 valence electrons. The molecule has 0 fully saturated rings. The Morgan fingerprint density at radius 1 is 1.56 bits per heavy atom. The van der Waals surface area contributed by atoms with Gasteiger partial charge in [0.25, 0.3) is 0 Å². The van der Waals surface area contributed by atoms with Crippen molar-refractivity contribution in [2.24, 2.45) is 5.84 Å². The number of hydrazine groups is 1. The van der Waals surface area contributed by atoms with Gasteiger partial charge in [0.05, 0.1) is 6.54 Å². The number of aromatic nitrogens is 1. The van der Waals surface area contributed by atoms with Crippen LogP contribution in [0.25, 0.3) is 0 Å². The lowest BCUT2D eigenvalue weighted by Crippen LogP contribution is -2.33. The topological polar surface area (TPSA) is 54.2 Å². The van der Waals surface area contributed by atoms with Crippen LogP contribution in [-0.4, -0.2) is 29.1 Å². The van der Waals surface area contributed by atoms with Gasteiger partial charge in [-0.15, -0.1) is 0 Å². The summed E-state index contributed by atoms with van der Waals surface area (Å²) >= 11 is 1.25. The van der Waals surface area contributed by atoms with Crippen LogP contribution in [-0.2, 0) is 6.54 Å². The van der Waals surface area contributed by atoms with Gasteiger partial charge in [0.15, 0.2) is 5.13 Å². The first kappa shape index (κ1) is 13.2. The van der Waals surface area contributed by atoms with Crippen LogP contribution in [0.1, 0.15) is 11.8 Å². The van der Waals surface area contributed by atoms with Crippen molar-refractivity contribution in [2.45, 2.75) is 19.6 Å². The van der Waals surface area contributed by atoms with Gasteiger partial charge < -0.3 is 0 Å². The number of nitrogens with one attached hydrogen (secondary N) is 1. The summed E-state index contributed by atoms with van der Waals surface area (Å²) in [7, 11) is 0. The van der Waals surface area contributed by atoms with E-state index in [1.54, 1.807) is 6.92 Å². The number of thiazole rings is 1. The molecule has 0 unspecified atom stereocenters. The molecule has 0 radical (unpaired) electrons. The van der Waals surface area contributed by atoms with E-state index in [4.69, 9.17) is 5.84 Å². The Hall–Kier alpha value is -0.860. The lowest BCUT2D eigenvalue weighted by molar-refractivity contribution is -0.146. The smallest absolute Gasteiger partial charge is 0.300 e. The standard InChI is InChI=1S/C8H13F3N4S/c1-2-15(5-8(9,10)11)4-6-3-13-7(14-12)16-6/h3H,2,4-5,12H2,1H3,(H,13,14). The fourth-order valence-corrected chi connectivity index (χ4v) is 1.97. The number of halogens is 3. The van der Waals surface area contributed by atoms with Gasteiger partial charge in [-0.25, -0.2) is 10.8 Å². The summed E-state index contributed by atoms with van der Waals surface area (Å²) in [6.45, 7) is 1.35. The number of rotatable bonds is 5. The van der Waals surface area contributed by atoms with Gasteiger partial charge in [-0.1, -0.05) is 18.3 Å². The first-order chi connectivity index (χ1) is 7.44. The maximum Gasteiger partial charge on any atom is 0.401 e. The van der Waals surface area contributed by atoms with Crippen molar-refractivity contribution in [1.82, 2.24) is 9.88 Å². The number of nitrogens with two attached hydrogens (primary N) is 1. The van der Waals surface area contributed by atoms with Gasteiger partial charge in [0.2, 0.25) is 0 Å². The van der Waals surface area contributed by atoms with E-state index in [1.165, 1.54) is 22.4 Å². The number of hydrogen-bond donors (Lipinski definition) is 2. The molecule has 1 rings (SSSR count). The quantitative estimate of drug-likeness (QED) is 0.621. The Kier molecular flexibility index (Phi) is 4.51. The summed E-state index contributed by atoms with van der Waals surface area (Å²) in [6, 6.07) is 0. The van der Waals surface area contributed by atoms with Crippen molar-refractivity contribution in [3.63, 3.8) is 0 Å². The van der Waals surface area contributed by atoms with E-state index in [0.29, 0.717) is 11.7 Å². The highest BCUT2D eigenvalue weighted by atomic mass is 32.1. The molecule has 0 bridgehead atoms. The van der Waals surface area contributed by atoms with Crippen molar-refractivity contribution in [2.75, 3.05) is 18.5 Å². The Morgan fingerprint density at radius 2 is 2.25 bits per heavy atom. The van der Waals surface area contributed by atoms with E-state index in [-0.39, 0.29) is 6.54 Å². The minimum Gasteiger partial charge on any atom is -0.300 e. The van der Waals surface area contributed by atoms with Crippen LogP contribution in [0.5, 0.6) is 0 Å². The van der Waals surface area contributed by atoms with Crippen LogP contribution in [0.15, 0.2) is 6.20 Å². The molecule has 16 heavy (non-hydrogen) atoms. The van der Waals surface area contributed by atoms with E-state index in [2.05, 4.69) is 10.4 Å². The van der Waals surface area contributed by atoms with Gasteiger partial charge in [0, 0.05) is 17.6 Å². The lowest BCUT2D eigenvalue weighted by Gasteiger charge is -2.20. The highest BCUT2D eigenvalue weighted by molar-refractivity contribution is 7.15. The molecule has 1 heterocycles. The molecule has 0 saturated heterocycles. The maximum absolute atomic E-state index is 12.2. The van der Waals surface area contributed by atoms with Crippen molar-refractivity contribution in [1.29, 1.82) is 0 Å². The summed E-state index contributed by atoms with van der Waals surface area (Å²) in [5.41, 5.74) is 2.35. The van der Waals surface area contributed by atoms with Gasteiger partial charge in [0.1, 0.15) is 0 Å². The molecule has 0 spiro atoms. The molecule has 1 aromatic heterocycles. The minimum atomic E-state index is -4.17. The van der Waals surface area contributed by atoms with E-state index in [9.17, 15) is 13.2 Å². The molecule has 8 heteroatoms. The zero-order chi connectivity index (χ0) is 12.2. The average Bonchev–Trinajstić information content (AvgIpc) is 2.62. The molecule has 0 amide bonds. The highest BCUT2D eigenvalue weighted by Gasteiger charge is 2.30. The molecular weight excluding hydrogens is 241 g/mol. The van der Waals surface area contributed by atoms with Crippen LogP contribution in [0, 0.1) is 0 Å². The zero-order valence-corrected chi connectivity index (χ0v) is 9.53. The Labute approximate surface area is 95.2 Å². The first-order valence-electron chi connectivity index (χ1n) is 4.65. The summed E-state index contributed by atoms with van der Waals surface area (Å²) in [5.74, 6) is 5.13.